The number of hydrogen-bond donors (Lipinski definition) is 2. The van der Waals surface area contributed by atoms with Crippen molar-refractivity contribution >= 4 is 5.96 Å². The normalized spacial score (nSPS) is 19.0. The number of ether oxygens (including phenoxy) is 2. The fourth-order valence-corrected chi connectivity index (χ4v) is 2.57. The number of aliphatic imine (C=N–C) groups is 1. The van der Waals surface area contributed by atoms with Gasteiger partial charge in [0.05, 0.1) is 25.4 Å². The quantitative estimate of drug-likeness (QED) is 0.520. The Morgan fingerprint density at radius 2 is 1.91 bits per heavy atom. The molecule has 1 aliphatic rings. The maximum Gasteiger partial charge on any atom is 0.191 e. The van der Waals surface area contributed by atoms with Crippen molar-refractivity contribution in [2.24, 2.45) is 10.9 Å². The van der Waals surface area contributed by atoms with Gasteiger partial charge in [0, 0.05) is 39.3 Å². The average Bonchev–Trinajstić information content (AvgIpc) is 2.53. The Balaban J connectivity index is 2.61. The maximum absolute atomic E-state index is 5.47. The number of nitrogens with one attached hydrogen (secondary N) is 2. The Kier molecular flexibility index (Phi) is 8.87. The summed E-state index contributed by atoms with van der Waals surface area (Å²) in [7, 11) is 1.73. The highest BCUT2D eigenvalue weighted by molar-refractivity contribution is 5.79. The van der Waals surface area contributed by atoms with Crippen molar-refractivity contribution in [3.8, 4) is 0 Å². The summed E-state index contributed by atoms with van der Waals surface area (Å²) in [5, 5.41) is 6.81. The van der Waals surface area contributed by atoms with Gasteiger partial charge in [0.1, 0.15) is 0 Å². The molecule has 23 heavy (non-hydrogen) atoms. The van der Waals surface area contributed by atoms with Crippen molar-refractivity contribution in [1.29, 1.82) is 0 Å². The lowest BCUT2D eigenvalue weighted by atomic mass is 10.0. The largest absolute Gasteiger partial charge is 0.379 e. The standard InChI is InChI=1S/C17H36N4O2/c1-7-18-16(20-13-17(4,5)22-6)19-12-15(14(2)3)21-8-10-23-11-9-21/h14-15H,7-13H2,1-6H3,(H2,18,19,20). The van der Waals surface area contributed by atoms with Crippen LogP contribution in [-0.2, 0) is 9.47 Å². The first kappa shape index (κ1) is 20.2. The summed E-state index contributed by atoms with van der Waals surface area (Å²) in [4.78, 5) is 7.18. The molecule has 0 aromatic rings. The molecule has 1 fully saturated rings. The fraction of sp³-hybridized carbons (Fsp3) is 0.941. The van der Waals surface area contributed by atoms with Crippen molar-refractivity contribution in [2.45, 2.75) is 46.3 Å². The van der Waals surface area contributed by atoms with E-state index in [1.54, 1.807) is 7.11 Å². The lowest BCUT2D eigenvalue weighted by molar-refractivity contribution is 0.00747. The van der Waals surface area contributed by atoms with E-state index in [2.05, 4.69) is 41.3 Å². The average molecular weight is 329 g/mol. The topological polar surface area (TPSA) is 58.1 Å². The molecule has 0 spiro atoms. The van der Waals surface area contributed by atoms with Crippen LogP contribution in [0.1, 0.15) is 34.6 Å². The minimum absolute atomic E-state index is 0.246. The van der Waals surface area contributed by atoms with E-state index in [1.807, 2.05) is 13.8 Å². The number of hydrogen-bond acceptors (Lipinski definition) is 4. The molecule has 1 atom stereocenters. The van der Waals surface area contributed by atoms with Crippen molar-refractivity contribution in [3.05, 3.63) is 0 Å². The highest BCUT2D eigenvalue weighted by Crippen LogP contribution is 2.12. The highest BCUT2D eigenvalue weighted by Gasteiger charge is 2.24. The molecule has 0 bridgehead atoms. The predicted octanol–water partition coefficient (Wildman–Crippen LogP) is 1.32. The van der Waals surface area contributed by atoms with Crippen LogP contribution in [0.2, 0.25) is 0 Å². The maximum atomic E-state index is 5.47. The summed E-state index contributed by atoms with van der Waals surface area (Å²) in [5.41, 5.74) is -0.246. The third-order valence-corrected chi connectivity index (χ3v) is 4.28. The van der Waals surface area contributed by atoms with Gasteiger partial charge in [-0.3, -0.25) is 9.89 Å². The van der Waals surface area contributed by atoms with Crippen molar-refractivity contribution in [2.75, 3.05) is 53.0 Å². The Morgan fingerprint density at radius 1 is 1.26 bits per heavy atom. The number of methoxy groups -OCH3 is 1. The zero-order valence-electron chi connectivity index (χ0n) is 15.8. The molecule has 6 nitrogen and oxygen atoms in total. The first-order valence-corrected chi connectivity index (χ1v) is 8.78. The van der Waals surface area contributed by atoms with E-state index in [9.17, 15) is 0 Å². The predicted molar refractivity (Wildman–Crippen MR) is 96.1 cm³/mol. The second-order valence-corrected chi connectivity index (χ2v) is 7.00. The van der Waals surface area contributed by atoms with Gasteiger partial charge in [0.2, 0.25) is 0 Å². The van der Waals surface area contributed by atoms with E-state index >= 15 is 0 Å². The molecule has 0 amide bonds. The molecule has 0 aromatic carbocycles. The van der Waals surface area contributed by atoms with Gasteiger partial charge >= 0.3 is 0 Å². The summed E-state index contributed by atoms with van der Waals surface area (Å²) < 4.78 is 10.9. The summed E-state index contributed by atoms with van der Waals surface area (Å²) in [6, 6.07) is 0.484. The summed E-state index contributed by atoms with van der Waals surface area (Å²) in [6.07, 6.45) is 0. The minimum atomic E-state index is -0.246. The number of rotatable bonds is 8. The second kappa shape index (κ2) is 10.1. The molecule has 1 heterocycles. The second-order valence-electron chi connectivity index (χ2n) is 7.00. The molecule has 2 N–H and O–H groups in total. The van der Waals surface area contributed by atoms with Gasteiger partial charge in [-0.2, -0.15) is 0 Å². The van der Waals surface area contributed by atoms with Crippen LogP contribution in [0.5, 0.6) is 0 Å². The van der Waals surface area contributed by atoms with Crippen molar-refractivity contribution in [1.82, 2.24) is 15.5 Å². The van der Waals surface area contributed by atoms with Crippen LogP contribution in [0.15, 0.2) is 4.99 Å². The summed E-state index contributed by atoms with van der Waals surface area (Å²) >= 11 is 0. The van der Waals surface area contributed by atoms with Gasteiger partial charge in [-0.05, 0) is 26.7 Å². The van der Waals surface area contributed by atoms with Crippen LogP contribution >= 0.6 is 0 Å². The zero-order valence-corrected chi connectivity index (χ0v) is 15.8. The molecular formula is C17H36N4O2. The van der Waals surface area contributed by atoms with Gasteiger partial charge in [0.15, 0.2) is 5.96 Å². The molecule has 6 heteroatoms. The summed E-state index contributed by atoms with van der Waals surface area (Å²) in [5.74, 6) is 1.44. The summed E-state index contributed by atoms with van der Waals surface area (Å²) in [6.45, 7) is 16.8. The van der Waals surface area contributed by atoms with Crippen LogP contribution in [-0.4, -0.2) is 75.5 Å². The lowest BCUT2D eigenvalue weighted by Crippen LogP contribution is -2.52. The first-order valence-electron chi connectivity index (χ1n) is 8.78. The molecule has 0 radical (unpaired) electrons. The van der Waals surface area contributed by atoms with Crippen molar-refractivity contribution in [3.63, 3.8) is 0 Å². The van der Waals surface area contributed by atoms with E-state index < -0.39 is 0 Å². The van der Waals surface area contributed by atoms with E-state index in [1.165, 1.54) is 0 Å². The van der Waals surface area contributed by atoms with Crippen LogP contribution < -0.4 is 10.6 Å². The van der Waals surface area contributed by atoms with Gasteiger partial charge < -0.3 is 20.1 Å². The molecule has 1 aliphatic heterocycles. The number of morpholine rings is 1. The SMILES string of the molecule is CCNC(=NCC(C)(C)OC)NCC(C(C)C)N1CCOCC1. The third-order valence-electron chi connectivity index (χ3n) is 4.28. The van der Waals surface area contributed by atoms with E-state index in [0.717, 1.165) is 45.4 Å². The van der Waals surface area contributed by atoms with Crippen molar-refractivity contribution < 1.29 is 9.47 Å². The molecular weight excluding hydrogens is 292 g/mol. The van der Waals surface area contributed by atoms with E-state index in [4.69, 9.17) is 9.47 Å². The number of nitrogens with zero attached hydrogens (tertiary/aromatic N) is 2. The Labute approximate surface area is 142 Å². The van der Waals surface area contributed by atoms with Gasteiger partial charge in [-0.1, -0.05) is 13.8 Å². The molecule has 1 rings (SSSR count). The van der Waals surface area contributed by atoms with Gasteiger partial charge in [-0.25, -0.2) is 0 Å². The van der Waals surface area contributed by atoms with Crippen LogP contribution in [0.25, 0.3) is 0 Å². The molecule has 0 saturated carbocycles. The molecule has 0 aliphatic carbocycles. The Hall–Kier alpha value is -0.850. The van der Waals surface area contributed by atoms with Crippen LogP contribution in [0, 0.1) is 5.92 Å². The number of guanidine groups is 1. The van der Waals surface area contributed by atoms with Gasteiger partial charge in [-0.15, -0.1) is 0 Å². The monoisotopic (exact) mass is 328 g/mol. The Morgan fingerprint density at radius 3 is 2.43 bits per heavy atom. The Bertz CT molecular complexity index is 353. The first-order chi connectivity index (χ1) is 10.9. The molecule has 0 aromatic heterocycles. The van der Waals surface area contributed by atoms with Crippen LogP contribution in [0.4, 0.5) is 0 Å². The smallest absolute Gasteiger partial charge is 0.191 e. The van der Waals surface area contributed by atoms with E-state index in [-0.39, 0.29) is 5.60 Å². The van der Waals surface area contributed by atoms with E-state index in [0.29, 0.717) is 18.5 Å². The molecule has 1 saturated heterocycles. The highest BCUT2D eigenvalue weighted by atomic mass is 16.5. The zero-order chi connectivity index (χ0) is 17.3. The molecule has 1 unspecified atom stereocenters. The lowest BCUT2D eigenvalue weighted by Gasteiger charge is -2.37. The third kappa shape index (κ3) is 7.50. The van der Waals surface area contributed by atoms with Crippen LogP contribution in [0.3, 0.4) is 0 Å². The minimum Gasteiger partial charge on any atom is -0.379 e. The molecule has 136 valence electrons. The van der Waals surface area contributed by atoms with Gasteiger partial charge in [0.25, 0.3) is 0 Å². The fourth-order valence-electron chi connectivity index (χ4n) is 2.57.